The van der Waals surface area contributed by atoms with Crippen LogP contribution >= 0.6 is 27.3 Å². The highest BCUT2D eigenvalue weighted by atomic mass is 79.9. The second-order valence-electron chi connectivity index (χ2n) is 3.72. The molecule has 0 bridgehead atoms. The van der Waals surface area contributed by atoms with E-state index in [1.807, 2.05) is 20.0 Å². The predicted octanol–water partition coefficient (Wildman–Crippen LogP) is 3.74. The summed E-state index contributed by atoms with van der Waals surface area (Å²) in [7, 11) is 1.90. The molecule has 0 aliphatic rings. The molecule has 0 radical (unpaired) electrons. The Bertz CT molecular complexity index is 519. The highest BCUT2D eigenvalue weighted by Crippen LogP contribution is 2.30. The first kappa shape index (κ1) is 12.7. The molecule has 0 unspecified atom stereocenters. The largest absolute Gasteiger partial charge is 0.315 e. The van der Waals surface area contributed by atoms with Crippen LogP contribution in [0.2, 0.25) is 0 Å². The molecular formula is C12H12BrFN2S. The van der Waals surface area contributed by atoms with E-state index in [4.69, 9.17) is 0 Å². The summed E-state index contributed by atoms with van der Waals surface area (Å²) < 4.78 is 14.0. The molecule has 0 atom stereocenters. The molecule has 1 aromatic heterocycles. The molecule has 1 heterocycles. The number of benzene rings is 1. The van der Waals surface area contributed by atoms with Gasteiger partial charge in [0.15, 0.2) is 0 Å². The molecule has 90 valence electrons. The van der Waals surface area contributed by atoms with E-state index in [0.717, 1.165) is 27.3 Å². The molecule has 1 N–H and O–H groups in total. The molecule has 2 aromatic rings. The summed E-state index contributed by atoms with van der Waals surface area (Å²) in [5.74, 6) is -0.252. The Labute approximate surface area is 112 Å². The molecule has 0 saturated heterocycles. The SMILES string of the molecule is CNCc1sc(-c2cc(F)cc(Br)c2)nc1C. The van der Waals surface area contributed by atoms with Crippen molar-refractivity contribution >= 4 is 27.3 Å². The van der Waals surface area contributed by atoms with Gasteiger partial charge in [0, 0.05) is 21.5 Å². The smallest absolute Gasteiger partial charge is 0.125 e. The maximum atomic E-state index is 13.3. The molecule has 0 aliphatic carbocycles. The minimum Gasteiger partial charge on any atom is -0.315 e. The number of hydrogen-bond acceptors (Lipinski definition) is 3. The van der Waals surface area contributed by atoms with Gasteiger partial charge in [-0.25, -0.2) is 9.37 Å². The summed E-state index contributed by atoms with van der Waals surface area (Å²) in [6.45, 7) is 2.76. The normalized spacial score (nSPS) is 10.8. The Morgan fingerprint density at radius 1 is 1.41 bits per heavy atom. The summed E-state index contributed by atoms with van der Waals surface area (Å²) in [5, 5.41) is 3.95. The van der Waals surface area contributed by atoms with Crippen molar-refractivity contribution in [2.24, 2.45) is 0 Å². The second kappa shape index (κ2) is 5.25. The van der Waals surface area contributed by atoms with Gasteiger partial charge in [-0.05, 0) is 32.2 Å². The Kier molecular flexibility index (Phi) is 3.91. The number of hydrogen-bond donors (Lipinski definition) is 1. The fourth-order valence-electron chi connectivity index (χ4n) is 1.55. The molecule has 0 aliphatic heterocycles. The van der Waals surface area contributed by atoms with Crippen LogP contribution in [0.5, 0.6) is 0 Å². The van der Waals surface area contributed by atoms with Crippen LogP contribution in [0.1, 0.15) is 10.6 Å². The van der Waals surface area contributed by atoms with Gasteiger partial charge in [-0.3, -0.25) is 0 Å². The third-order valence-electron chi connectivity index (χ3n) is 2.34. The van der Waals surface area contributed by atoms with Crippen LogP contribution in [0.3, 0.4) is 0 Å². The summed E-state index contributed by atoms with van der Waals surface area (Å²) >= 11 is 4.88. The van der Waals surface area contributed by atoms with E-state index in [1.54, 1.807) is 11.3 Å². The molecule has 0 spiro atoms. The van der Waals surface area contributed by atoms with Gasteiger partial charge in [0.2, 0.25) is 0 Å². The van der Waals surface area contributed by atoms with Crippen molar-refractivity contribution in [1.82, 2.24) is 10.3 Å². The fourth-order valence-corrected chi connectivity index (χ4v) is 3.08. The minimum atomic E-state index is -0.252. The van der Waals surface area contributed by atoms with Crippen molar-refractivity contribution in [1.29, 1.82) is 0 Å². The van der Waals surface area contributed by atoms with Crippen molar-refractivity contribution in [2.45, 2.75) is 13.5 Å². The van der Waals surface area contributed by atoms with Crippen LogP contribution in [0.4, 0.5) is 4.39 Å². The minimum absolute atomic E-state index is 0.252. The Morgan fingerprint density at radius 2 is 2.18 bits per heavy atom. The Hall–Kier alpha value is -0.780. The Balaban J connectivity index is 2.42. The maximum absolute atomic E-state index is 13.3. The highest BCUT2D eigenvalue weighted by molar-refractivity contribution is 9.10. The van der Waals surface area contributed by atoms with Crippen LogP contribution in [0.25, 0.3) is 10.6 Å². The van der Waals surface area contributed by atoms with Crippen LogP contribution in [-0.2, 0) is 6.54 Å². The average molecular weight is 315 g/mol. The van der Waals surface area contributed by atoms with Crippen molar-refractivity contribution in [3.63, 3.8) is 0 Å². The van der Waals surface area contributed by atoms with Gasteiger partial charge in [-0.2, -0.15) is 0 Å². The first-order valence-corrected chi connectivity index (χ1v) is 6.78. The van der Waals surface area contributed by atoms with E-state index in [9.17, 15) is 4.39 Å². The molecule has 1 aromatic carbocycles. The zero-order valence-corrected chi connectivity index (χ0v) is 12.0. The summed E-state index contributed by atoms with van der Waals surface area (Å²) in [4.78, 5) is 5.66. The van der Waals surface area contributed by atoms with E-state index < -0.39 is 0 Å². The number of rotatable bonds is 3. The number of nitrogens with zero attached hydrogens (tertiary/aromatic N) is 1. The van der Waals surface area contributed by atoms with Crippen LogP contribution in [-0.4, -0.2) is 12.0 Å². The maximum Gasteiger partial charge on any atom is 0.125 e. The lowest BCUT2D eigenvalue weighted by molar-refractivity contribution is 0.627. The average Bonchev–Trinajstić information content (AvgIpc) is 2.60. The van der Waals surface area contributed by atoms with Gasteiger partial charge in [0.25, 0.3) is 0 Å². The lowest BCUT2D eigenvalue weighted by atomic mass is 10.2. The second-order valence-corrected chi connectivity index (χ2v) is 5.72. The van der Waals surface area contributed by atoms with Crippen LogP contribution in [0.15, 0.2) is 22.7 Å². The van der Waals surface area contributed by atoms with Gasteiger partial charge in [0.05, 0.1) is 5.69 Å². The van der Waals surface area contributed by atoms with E-state index >= 15 is 0 Å². The van der Waals surface area contributed by atoms with Gasteiger partial charge < -0.3 is 5.32 Å². The lowest BCUT2D eigenvalue weighted by Crippen LogP contribution is -2.04. The molecule has 2 nitrogen and oxygen atoms in total. The van der Waals surface area contributed by atoms with Gasteiger partial charge in [-0.1, -0.05) is 15.9 Å². The van der Waals surface area contributed by atoms with Crippen molar-refractivity contribution in [2.75, 3.05) is 7.05 Å². The van der Waals surface area contributed by atoms with Crippen LogP contribution in [0, 0.1) is 12.7 Å². The zero-order chi connectivity index (χ0) is 12.4. The molecular weight excluding hydrogens is 303 g/mol. The van der Waals surface area contributed by atoms with Gasteiger partial charge in [-0.15, -0.1) is 11.3 Å². The van der Waals surface area contributed by atoms with E-state index in [1.165, 1.54) is 17.0 Å². The van der Waals surface area contributed by atoms with E-state index in [0.29, 0.717) is 0 Å². The number of thiazole rings is 1. The third-order valence-corrected chi connectivity index (χ3v) is 4.00. The number of aromatic nitrogens is 1. The zero-order valence-electron chi connectivity index (χ0n) is 9.55. The van der Waals surface area contributed by atoms with Gasteiger partial charge >= 0.3 is 0 Å². The van der Waals surface area contributed by atoms with Crippen molar-refractivity contribution in [3.05, 3.63) is 39.1 Å². The van der Waals surface area contributed by atoms with E-state index in [-0.39, 0.29) is 5.82 Å². The summed E-state index contributed by atoms with van der Waals surface area (Å²) in [5.41, 5.74) is 1.81. The standard InChI is InChI=1S/C12H12BrFN2S/c1-7-11(6-15-2)17-12(16-7)8-3-9(13)5-10(14)4-8/h3-5,15H,6H2,1-2H3. The first-order chi connectivity index (χ1) is 8.10. The molecule has 0 amide bonds. The quantitative estimate of drug-likeness (QED) is 0.933. The highest BCUT2D eigenvalue weighted by Gasteiger charge is 2.10. The van der Waals surface area contributed by atoms with Crippen LogP contribution < -0.4 is 5.32 Å². The lowest BCUT2D eigenvalue weighted by Gasteiger charge is -1.98. The molecule has 0 saturated carbocycles. The molecule has 5 heteroatoms. The summed E-state index contributed by atoms with van der Waals surface area (Å²) in [6.07, 6.45) is 0. The number of nitrogens with one attached hydrogen (secondary N) is 1. The molecule has 17 heavy (non-hydrogen) atoms. The predicted molar refractivity (Wildman–Crippen MR) is 72.7 cm³/mol. The topological polar surface area (TPSA) is 24.9 Å². The fraction of sp³-hybridized carbons (Fsp3) is 0.250. The third kappa shape index (κ3) is 2.91. The Morgan fingerprint density at radius 3 is 2.82 bits per heavy atom. The van der Waals surface area contributed by atoms with Crippen molar-refractivity contribution in [3.8, 4) is 10.6 Å². The summed E-state index contributed by atoms with van der Waals surface area (Å²) in [6, 6.07) is 4.83. The number of aryl methyl sites for hydroxylation is 1. The van der Waals surface area contributed by atoms with Gasteiger partial charge in [0.1, 0.15) is 10.8 Å². The first-order valence-electron chi connectivity index (χ1n) is 5.17. The number of halogens is 2. The monoisotopic (exact) mass is 314 g/mol. The molecule has 0 fully saturated rings. The van der Waals surface area contributed by atoms with Crippen molar-refractivity contribution < 1.29 is 4.39 Å². The van der Waals surface area contributed by atoms with E-state index in [2.05, 4.69) is 26.2 Å². The molecule has 2 rings (SSSR count).